The zero-order valence-electron chi connectivity index (χ0n) is 22.6. The van der Waals surface area contributed by atoms with E-state index in [0.717, 1.165) is 18.2 Å². The SMILES string of the molecule is CCOCC(=O)Cc1c(F)ccc(CC(=O)c2cc(NC(=O)[C@H]3[C@H](c4ccc(F)c(C(F)(F)F)c4)C3(Cl)Cl)ccc2Cl)c1F. The van der Waals surface area contributed by atoms with Gasteiger partial charge in [-0.1, -0.05) is 23.7 Å². The summed E-state index contributed by atoms with van der Waals surface area (Å²) in [6.45, 7) is 1.56. The fourth-order valence-electron chi connectivity index (χ4n) is 4.74. The Balaban J connectivity index is 1.51. The van der Waals surface area contributed by atoms with Gasteiger partial charge in [-0.25, -0.2) is 13.2 Å². The van der Waals surface area contributed by atoms with Crippen LogP contribution in [0.15, 0.2) is 48.5 Å². The predicted molar refractivity (Wildman–Crippen MR) is 152 cm³/mol. The normalized spacial score (nSPS) is 17.3. The molecule has 1 amide bonds. The maximum atomic E-state index is 15.1. The number of ketones is 2. The Morgan fingerprint density at radius 1 is 0.955 bits per heavy atom. The molecule has 0 unspecified atom stereocenters. The van der Waals surface area contributed by atoms with E-state index in [0.29, 0.717) is 12.1 Å². The fraction of sp³-hybridized carbons (Fsp3) is 0.300. The third-order valence-corrected chi connectivity index (χ3v) is 8.25. The molecule has 0 radical (unpaired) electrons. The van der Waals surface area contributed by atoms with Gasteiger partial charge in [-0.3, -0.25) is 14.4 Å². The van der Waals surface area contributed by atoms with E-state index in [1.807, 2.05) is 0 Å². The molecule has 1 aliphatic carbocycles. The molecule has 0 spiro atoms. The molecule has 44 heavy (non-hydrogen) atoms. The number of rotatable bonds is 11. The maximum absolute atomic E-state index is 15.1. The molecule has 5 nitrogen and oxygen atoms in total. The molecule has 1 N–H and O–H groups in total. The van der Waals surface area contributed by atoms with Crippen LogP contribution in [0.25, 0.3) is 0 Å². The second-order valence-electron chi connectivity index (χ2n) is 10.0. The van der Waals surface area contributed by atoms with Crippen LogP contribution < -0.4 is 5.32 Å². The lowest BCUT2D eigenvalue weighted by atomic mass is 9.98. The molecule has 1 aliphatic rings. The summed E-state index contributed by atoms with van der Waals surface area (Å²) in [4.78, 5) is 38.1. The molecule has 14 heteroatoms. The summed E-state index contributed by atoms with van der Waals surface area (Å²) in [5, 5.41) is 2.43. The number of carbonyl (C=O) groups is 3. The van der Waals surface area contributed by atoms with Gasteiger partial charge in [0.1, 0.15) is 28.4 Å². The topological polar surface area (TPSA) is 72.5 Å². The summed E-state index contributed by atoms with van der Waals surface area (Å²) >= 11 is 18.6. The van der Waals surface area contributed by atoms with Crippen molar-refractivity contribution < 1.29 is 45.5 Å². The number of amides is 1. The van der Waals surface area contributed by atoms with Crippen molar-refractivity contribution in [1.82, 2.24) is 0 Å². The Morgan fingerprint density at radius 3 is 2.30 bits per heavy atom. The largest absolute Gasteiger partial charge is 0.419 e. The van der Waals surface area contributed by atoms with Crippen LogP contribution in [0.3, 0.4) is 0 Å². The number of ether oxygens (including phenoxy) is 1. The Labute approximate surface area is 262 Å². The molecule has 0 saturated heterocycles. The number of Topliss-reactive ketones (excluding diaryl/α,β-unsaturated/α-hetero) is 2. The second-order valence-corrected chi connectivity index (χ2v) is 11.9. The molecule has 1 fully saturated rings. The molecule has 3 aromatic carbocycles. The summed E-state index contributed by atoms with van der Waals surface area (Å²) in [5.41, 5.74) is -2.45. The number of hydrogen-bond acceptors (Lipinski definition) is 4. The quantitative estimate of drug-likeness (QED) is 0.127. The number of nitrogens with one attached hydrogen (secondary N) is 1. The number of halogens is 9. The molecule has 0 heterocycles. The van der Waals surface area contributed by atoms with Crippen LogP contribution in [-0.4, -0.2) is 35.0 Å². The number of carbonyl (C=O) groups excluding carboxylic acids is 3. The third kappa shape index (κ3) is 7.22. The van der Waals surface area contributed by atoms with Gasteiger partial charge in [0.15, 0.2) is 11.6 Å². The van der Waals surface area contributed by atoms with Gasteiger partial charge >= 0.3 is 6.18 Å². The summed E-state index contributed by atoms with van der Waals surface area (Å²) in [7, 11) is 0. The second kappa shape index (κ2) is 13.1. The van der Waals surface area contributed by atoms with Crippen molar-refractivity contribution in [2.24, 2.45) is 5.92 Å². The Hall–Kier alpha value is -3.12. The van der Waals surface area contributed by atoms with Crippen molar-refractivity contribution in [2.75, 3.05) is 18.5 Å². The van der Waals surface area contributed by atoms with Crippen LogP contribution >= 0.6 is 34.8 Å². The molecule has 0 aliphatic heterocycles. The van der Waals surface area contributed by atoms with Crippen molar-refractivity contribution in [3.05, 3.63) is 98.8 Å². The van der Waals surface area contributed by atoms with Gasteiger partial charge in [0, 0.05) is 42.2 Å². The highest BCUT2D eigenvalue weighted by Gasteiger charge is 2.67. The van der Waals surface area contributed by atoms with E-state index in [2.05, 4.69) is 5.32 Å². The van der Waals surface area contributed by atoms with Gasteiger partial charge in [-0.05, 0) is 54.4 Å². The minimum atomic E-state index is -4.99. The molecule has 0 bridgehead atoms. The molecular formula is C30H22Cl3F6NO4. The number of hydrogen-bond donors (Lipinski definition) is 1. The Kier molecular flexibility index (Phi) is 10.0. The smallest absolute Gasteiger partial charge is 0.374 e. The van der Waals surface area contributed by atoms with Crippen LogP contribution in [0, 0.1) is 23.4 Å². The van der Waals surface area contributed by atoms with Crippen LogP contribution in [0.1, 0.15) is 45.5 Å². The van der Waals surface area contributed by atoms with Crippen molar-refractivity contribution in [3.63, 3.8) is 0 Å². The monoisotopic (exact) mass is 679 g/mol. The van der Waals surface area contributed by atoms with Crippen LogP contribution in [0.4, 0.5) is 32.0 Å². The molecule has 234 valence electrons. The number of anilines is 1. The lowest BCUT2D eigenvalue weighted by Gasteiger charge is -2.12. The predicted octanol–water partition coefficient (Wildman–Crippen LogP) is 7.88. The number of benzene rings is 3. The Morgan fingerprint density at radius 2 is 1.64 bits per heavy atom. The fourth-order valence-corrected chi connectivity index (χ4v) is 5.79. The van der Waals surface area contributed by atoms with Crippen LogP contribution in [0.5, 0.6) is 0 Å². The average molecular weight is 681 g/mol. The van der Waals surface area contributed by atoms with Crippen molar-refractivity contribution in [3.8, 4) is 0 Å². The van der Waals surface area contributed by atoms with Gasteiger partial charge in [0.25, 0.3) is 0 Å². The minimum absolute atomic E-state index is 0.0365. The highest BCUT2D eigenvalue weighted by Crippen LogP contribution is 2.65. The molecular weight excluding hydrogens is 659 g/mol. The van der Waals surface area contributed by atoms with Gasteiger partial charge < -0.3 is 10.1 Å². The van der Waals surface area contributed by atoms with Gasteiger partial charge in [-0.2, -0.15) is 13.2 Å². The lowest BCUT2D eigenvalue weighted by molar-refractivity contribution is -0.140. The zero-order valence-corrected chi connectivity index (χ0v) is 24.9. The zero-order chi connectivity index (χ0) is 32.6. The van der Waals surface area contributed by atoms with E-state index in [-0.39, 0.29) is 40.6 Å². The van der Waals surface area contributed by atoms with Crippen LogP contribution in [0.2, 0.25) is 5.02 Å². The van der Waals surface area contributed by atoms with Gasteiger partial charge in [-0.15, -0.1) is 23.2 Å². The van der Waals surface area contributed by atoms with E-state index in [1.54, 1.807) is 6.92 Å². The first kappa shape index (κ1) is 33.8. The first-order chi connectivity index (χ1) is 20.6. The summed E-state index contributed by atoms with van der Waals surface area (Å²) in [6, 6.07) is 8.00. The summed E-state index contributed by atoms with van der Waals surface area (Å²) < 4.78 is 85.9. The van der Waals surface area contributed by atoms with Gasteiger partial charge in [0.05, 0.1) is 16.5 Å². The maximum Gasteiger partial charge on any atom is 0.419 e. The molecule has 1 saturated carbocycles. The van der Waals surface area contributed by atoms with E-state index in [4.69, 9.17) is 39.5 Å². The van der Waals surface area contributed by atoms with E-state index < -0.39 is 81.2 Å². The first-order valence-corrected chi connectivity index (χ1v) is 14.1. The summed E-state index contributed by atoms with van der Waals surface area (Å²) in [5.74, 6) is -7.93. The number of alkyl halides is 5. The standard InChI is InChI=1S/C30H22Cl3F6NO4/c1-2-44-13-17(41)12-19-22(34)7-4-15(27(19)36)10-24(42)18-11-16(5-6-21(18)31)40-28(43)26-25(29(26,32)33)14-3-8-23(35)20(9-14)30(37,38)39/h3-9,11,25-26H,2,10,12-13H2,1H3,(H,40,43)/t25-,26+/m0/s1. The third-order valence-electron chi connectivity index (χ3n) is 6.98. The molecule has 2 atom stereocenters. The first-order valence-electron chi connectivity index (χ1n) is 13.0. The van der Waals surface area contributed by atoms with E-state index in [1.165, 1.54) is 18.2 Å². The van der Waals surface area contributed by atoms with Crippen molar-refractivity contribution in [1.29, 1.82) is 0 Å². The van der Waals surface area contributed by atoms with Gasteiger partial charge in [0.2, 0.25) is 5.91 Å². The highest BCUT2D eigenvalue weighted by atomic mass is 35.5. The summed E-state index contributed by atoms with van der Waals surface area (Å²) in [6.07, 6.45) is -6.14. The van der Waals surface area contributed by atoms with Crippen molar-refractivity contribution >= 4 is 58.0 Å². The highest BCUT2D eigenvalue weighted by molar-refractivity contribution is 6.53. The minimum Gasteiger partial charge on any atom is -0.374 e. The average Bonchev–Trinajstić information content (AvgIpc) is 3.53. The van der Waals surface area contributed by atoms with E-state index in [9.17, 15) is 36.3 Å². The van der Waals surface area contributed by atoms with E-state index >= 15 is 4.39 Å². The molecule has 3 aromatic rings. The lowest BCUT2D eigenvalue weighted by Crippen LogP contribution is -2.18. The van der Waals surface area contributed by atoms with Crippen LogP contribution in [-0.2, 0) is 33.3 Å². The molecule has 0 aromatic heterocycles. The molecule has 4 rings (SSSR count). The Bertz CT molecular complexity index is 1630. The van der Waals surface area contributed by atoms with Crippen molar-refractivity contribution in [2.45, 2.75) is 36.2 Å².